The fraction of sp³-hybridized carbons (Fsp3) is 0.550. The first-order valence-corrected chi connectivity index (χ1v) is 18.7. The zero-order valence-corrected chi connectivity index (χ0v) is 32.5. The summed E-state index contributed by atoms with van der Waals surface area (Å²) in [6.45, 7) is 7.63. The number of hydrogen-bond acceptors (Lipinski definition) is 8. The number of hydrogen-bond donors (Lipinski definition) is 2. The molecule has 2 fully saturated rings. The van der Waals surface area contributed by atoms with Crippen LogP contribution in [-0.2, 0) is 32.3 Å². The van der Waals surface area contributed by atoms with Crippen molar-refractivity contribution in [1.82, 2.24) is 28.7 Å². The highest BCUT2D eigenvalue weighted by atomic mass is 16.3. The van der Waals surface area contributed by atoms with E-state index in [-0.39, 0.29) is 84.7 Å². The quantitative estimate of drug-likeness (QED) is 0.413. The number of fused-ring (bicyclic) bond motifs is 6. The van der Waals surface area contributed by atoms with E-state index < -0.39 is 23.9 Å². The molecule has 0 bridgehead atoms. The highest BCUT2D eigenvalue weighted by Crippen LogP contribution is 2.51. The van der Waals surface area contributed by atoms with Gasteiger partial charge in [0.2, 0.25) is 23.6 Å². The predicted octanol–water partition coefficient (Wildman–Crippen LogP) is 1.74. The number of likely N-dealkylation sites (N-methyl/N-ethyl adjacent to an activating group) is 2. The summed E-state index contributed by atoms with van der Waals surface area (Å²) in [5.74, 6) is -1.77. The Hall–Kier alpha value is -4.82. The van der Waals surface area contributed by atoms with Crippen LogP contribution in [0.3, 0.4) is 0 Å². The second kappa shape index (κ2) is 16.3. The van der Waals surface area contributed by atoms with Crippen LogP contribution >= 0.6 is 0 Å². The van der Waals surface area contributed by atoms with Gasteiger partial charge in [-0.25, -0.2) is 0 Å². The van der Waals surface area contributed by atoms with Crippen molar-refractivity contribution in [2.24, 2.45) is 23.7 Å². The lowest BCUT2D eigenvalue weighted by Gasteiger charge is -2.32. The number of amides is 4. The molecule has 4 amide bonds. The largest absolute Gasteiger partial charge is 0.396 e. The van der Waals surface area contributed by atoms with Crippen molar-refractivity contribution in [3.8, 4) is 0 Å². The zero-order valence-electron chi connectivity index (χ0n) is 32.5. The zero-order chi connectivity index (χ0) is 39.8. The maximum atomic E-state index is 12.8. The van der Waals surface area contributed by atoms with Gasteiger partial charge >= 0.3 is 0 Å². The molecule has 8 atom stereocenters. The first-order valence-electron chi connectivity index (χ1n) is 18.7. The molecule has 0 spiro atoms. The summed E-state index contributed by atoms with van der Waals surface area (Å²) in [7, 11) is 6.62. The molecule has 2 aromatic rings. The molecule has 6 rings (SSSR count). The molecule has 0 aromatic carbocycles. The minimum atomic E-state index is -0.702. The van der Waals surface area contributed by atoms with Gasteiger partial charge in [0.1, 0.15) is 12.1 Å². The van der Waals surface area contributed by atoms with Crippen LogP contribution < -0.4 is 11.1 Å². The van der Waals surface area contributed by atoms with Crippen molar-refractivity contribution in [2.45, 2.75) is 77.8 Å². The van der Waals surface area contributed by atoms with Crippen LogP contribution in [0.5, 0.6) is 0 Å². The second-order valence-electron chi connectivity index (χ2n) is 14.8. The number of carbonyl (C=O) groups is 4. The van der Waals surface area contributed by atoms with Gasteiger partial charge in [-0.2, -0.15) is 0 Å². The van der Waals surface area contributed by atoms with Crippen molar-refractivity contribution < 1.29 is 29.4 Å². The van der Waals surface area contributed by atoms with Crippen molar-refractivity contribution in [3.63, 3.8) is 0 Å². The standard InChI is InChI=1S/2C20H27N3O4/c2*1-5-7-12-8-9-15-17-13(10-22(15)19(12)26)14(11-24)18(20(27)21(3)4)23(17)16(25)6-2/h2*5,7-9,13-14,17-18,24H,6,10-11H2,1-4H3/b7-5+;7-5-/t2*13-,14-,17+,18-/m11/s1. The predicted molar refractivity (Wildman–Crippen MR) is 204 cm³/mol. The SMILES string of the molecule is C/C=C/c1ccc2n(c1=O)C[C@@H]1[C@@H](CO)[C@H](C(=O)N(C)C)N(C(=O)CC)[C@H]21.C/C=C\c1ccc2n(c1=O)C[C@@H]1[C@@H](CO)[C@H](C(=O)N(C)C)N(C(=O)CC)[C@H]21. The summed E-state index contributed by atoms with van der Waals surface area (Å²) in [6.07, 6.45) is 7.68. The molecule has 14 nitrogen and oxygen atoms in total. The summed E-state index contributed by atoms with van der Waals surface area (Å²) in [6, 6.07) is 5.13. The van der Waals surface area contributed by atoms with Crippen molar-refractivity contribution >= 4 is 35.8 Å². The van der Waals surface area contributed by atoms with E-state index in [1.54, 1.807) is 85.3 Å². The fourth-order valence-electron chi connectivity index (χ4n) is 9.04. The Labute approximate surface area is 315 Å². The van der Waals surface area contributed by atoms with Gasteiger partial charge in [-0.15, -0.1) is 0 Å². The molecule has 14 heteroatoms. The third kappa shape index (κ3) is 6.63. The Balaban J connectivity index is 0.000000208. The summed E-state index contributed by atoms with van der Waals surface area (Å²) in [5.41, 5.74) is 2.47. The van der Waals surface area contributed by atoms with Gasteiger partial charge in [-0.1, -0.05) is 38.2 Å². The van der Waals surface area contributed by atoms with Gasteiger partial charge in [0.05, 0.1) is 12.1 Å². The molecule has 2 aromatic heterocycles. The third-order valence-electron chi connectivity index (χ3n) is 11.5. The molecule has 4 aliphatic rings. The number of aliphatic hydroxyl groups excluding tert-OH is 2. The number of rotatable bonds is 8. The Kier molecular flexibility index (Phi) is 12.2. The molecule has 4 aliphatic heterocycles. The van der Waals surface area contributed by atoms with E-state index in [0.29, 0.717) is 24.2 Å². The number of aliphatic hydroxyl groups is 2. The van der Waals surface area contributed by atoms with E-state index in [1.165, 1.54) is 9.80 Å². The minimum absolute atomic E-state index is 0.101. The smallest absolute Gasteiger partial charge is 0.258 e. The minimum Gasteiger partial charge on any atom is -0.396 e. The lowest BCUT2D eigenvalue weighted by atomic mass is 9.88. The lowest BCUT2D eigenvalue weighted by Crippen LogP contribution is -2.49. The Morgan fingerprint density at radius 2 is 1.02 bits per heavy atom. The van der Waals surface area contributed by atoms with Gasteiger partial charge in [-0.05, 0) is 38.1 Å². The monoisotopic (exact) mass is 746 g/mol. The topological polar surface area (TPSA) is 166 Å². The molecule has 0 aliphatic carbocycles. The molecule has 0 radical (unpaired) electrons. The molecule has 54 heavy (non-hydrogen) atoms. The van der Waals surface area contributed by atoms with E-state index in [0.717, 1.165) is 11.4 Å². The van der Waals surface area contributed by atoms with E-state index in [1.807, 2.05) is 38.1 Å². The van der Waals surface area contributed by atoms with Crippen LogP contribution in [0.1, 0.15) is 75.1 Å². The Morgan fingerprint density at radius 1 is 0.667 bits per heavy atom. The maximum Gasteiger partial charge on any atom is 0.258 e. The Bertz CT molecular complexity index is 1820. The van der Waals surface area contributed by atoms with Crippen molar-refractivity contribution in [1.29, 1.82) is 0 Å². The van der Waals surface area contributed by atoms with Crippen LogP contribution in [0.4, 0.5) is 0 Å². The molecule has 0 unspecified atom stereocenters. The van der Waals surface area contributed by atoms with Crippen LogP contribution in [0.25, 0.3) is 12.2 Å². The number of aromatic nitrogens is 2. The number of nitrogens with zero attached hydrogens (tertiary/aromatic N) is 6. The molecule has 0 saturated carbocycles. The summed E-state index contributed by atoms with van der Waals surface area (Å²) in [5, 5.41) is 20.1. The first-order chi connectivity index (χ1) is 25.7. The van der Waals surface area contributed by atoms with Gasteiger partial charge in [-0.3, -0.25) is 28.8 Å². The van der Waals surface area contributed by atoms with Crippen LogP contribution in [0.2, 0.25) is 0 Å². The maximum absolute atomic E-state index is 12.8. The summed E-state index contributed by atoms with van der Waals surface area (Å²) >= 11 is 0. The van der Waals surface area contributed by atoms with Gasteiger partial charge < -0.3 is 38.9 Å². The highest BCUT2D eigenvalue weighted by Gasteiger charge is 2.58. The average Bonchev–Trinajstić information content (AvgIpc) is 3.89. The molecular weight excluding hydrogens is 692 g/mol. The highest BCUT2D eigenvalue weighted by molar-refractivity contribution is 5.90. The second-order valence-corrected chi connectivity index (χ2v) is 14.8. The van der Waals surface area contributed by atoms with Crippen molar-refractivity contribution in [3.05, 3.63) is 79.6 Å². The molecule has 292 valence electrons. The van der Waals surface area contributed by atoms with Crippen LogP contribution in [0, 0.1) is 23.7 Å². The summed E-state index contributed by atoms with van der Waals surface area (Å²) in [4.78, 5) is 83.1. The van der Waals surface area contributed by atoms with Gasteiger partial charge in [0, 0.05) is 114 Å². The fourth-order valence-corrected chi connectivity index (χ4v) is 9.04. The molecular formula is C40H54N6O8. The third-order valence-corrected chi connectivity index (χ3v) is 11.5. The van der Waals surface area contributed by atoms with E-state index in [2.05, 4.69) is 0 Å². The molecule has 2 saturated heterocycles. The molecule has 2 N–H and O–H groups in total. The van der Waals surface area contributed by atoms with Crippen LogP contribution in [-0.4, -0.2) is 116 Å². The average molecular weight is 747 g/mol. The number of carbonyl (C=O) groups excluding carboxylic acids is 4. The molecule has 6 heterocycles. The number of pyridine rings is 2. The first kappa shape index (κ1) is 40.4. The van der Waals surface area contributed by atoms with Gasteiger partial charge in [0.25, 0.3) is 11.1 Å². The van der Waals surface area contributed by atoms with E-state index >= 15 is 0 Å². The van der Waals surface area contributed by atoms with E-state index in [9.17, 15) is 39.0 Å². The van der Waals surface area contributed by atoms with Crippen molar-refractivity contribution in [2.75, 3.05) is 41.4 Å². The van der Waals surface area contributed by atoms with E-state index in [4.69, 9.17) is 0 Å². The number of likely N-dealkylation sites (tertiary alicyclic amines) is 2. The normalized spacial score (nSPS) is 26.3. The number of allylic oxidation sites excluding steroid dienone is 2. The van der Waals surface area contributed by atoms with Gasteiger partial charge in [0.15, 0.2) is 0 Å². The Morgan fingerprint density at radius 3 is 1.30 bits per heavy atom. The van der Waals surface area contributed by atoms with Crippen LogP contribution in [0.15, 0.2) is 46.0 Å². The summed E-state index contributed by atoms with van der Waals surface area (Å²) < 4.78 is 3.39. The lowest BCUT2D eigenvalue weighted by molar-refractivity contribution is -0.145.